The molecule has 5 nitrogen and oxygen atoms in total. The highest BCUT2D eigenvalue weighted by molar-refractivity contribution is 9.10. The molecule has 6 heteroatoms. The van der Waals surface area contributed by atoms with E-state index >= 15 is 0 Å². The van der Waals surface area contributed by atoms with Crippen molar-refractivity contribution in [1.29, 1.82) is 0 Å². The molecule has 0 saturated carbocycles. The second-order valence-corrected chi connectivity index (χ2v) is 5.42. The summed E-state index contributed by atoms with van der Waals surface area (Å²) >= 11 is 3.33. The summed E-state index contributed by atoms with van der Waals surface area (Å²) < 4.78 is 1.98. The summed E-state index contributed by atoms with van der Waals surface area (Å²) in [5.41, 5.74) is 6.30. The van der Waals surface area contributed by atoms with Crippen LogP contribution >= 0.6 is 15.9 Å². The van der Waals surface area contributed by atoms with Crippen molar-refractivity contribution in [3.05, 3.63) is 21.0 Å². The van der Waals surface area contributed by atoms with Crippen LogP contribution in [0.5, 0.6) is 0 Å². The molecule has 0 fully saturated rings. The van der Waals surface area contributed by atoms with Crippen molar-refractivity contribution in [2.45, 2.75) is 39.8 Å². The van der Waals surface area contributed by atoms with Gasteiger partial charge >= 0.3 is 0 Å². The number of halogens is 1. The smallest absolute Gasteiger partial charge is 0.283 e. The molecule has 1 atom stereocenters. The van der Waals surface area contributed by atoms with Crippen LogP contribution in [0.2, 0.25) is 0 Å². The van der Waals surface area contributed by atoms with Crippen LogP contribution < -0.4 is 16.6 Å². The van der Waals surface area contributed by atoms with Crippen LogP contribution in [0.1, 0.15) is 27.2 Å². The van der Waals surface area contributed by atoms with E-state index in [2.05, 4.69) is 40.2 Å². The maximum atomic E-state index is 12.0. The maximum absolute atomic E-state index is 12.0. The number of hydrogen-bond acceptors (Lipinski definition) is 4. The average Bonchev–Trinajstić information content (AvgIpc) is 2.34. The Morgan fingerprint density at radius 2 is 2.22 bits per heavy atom. The van der Waals surface area contributed by atoms with E-state index in [1.807, 2.05) is 6.92 Å². The van der Waals surface area contributed by atoms with Gasteiger partial charge in [0.2, 0.25) is 0 Å². The maximum Gasteiger partial charge on any atom is 0.283 e. The van der Waals surface area contributed by atoms with E-state index in [1.165, 1.54) is 4.68 Å². The SMILES string of the molecule is CCCn1ncc(NC(CN)C(C)C)c(Br)c1=O. The van der Waals surface area contributed by atoms with E-state index < -0.39 is 0 Å². The summed E-state index contributed by atoms with van der Waals surface area (Å²) in [6.45, 7) is 7.33. The van der Waals surface area contributed by atoms with Crippen LogP contribution in [-0.2, 0) is 6.54 Å². The fourth-order valence-corrected chi connectivity index (χ4v) is 2.06. The summed E-state index contributed by atoms with van der Waals surface area (Å²) in [5.74, 6) is 0.389. The van der Waals surface area contributed by atoms with Crippen molar-refractivity contribution in [2.75, 3.05) is 11.9 Å². The first-order chi connectivity index (χ1) is 8.51. The standard InChI is InChI=1S/C12H21BrN4O/c1-4-5-17-12(18)11(13)10(7-15-17)16-9(6-14)8(2)3/h7-9,16H,4-6,14H2,1-3H3. The summed E-state index contributed by atoms with van der Waals surface area (Å²) in [6, 6.07) is 0.129. The number of aromatic nitrogens is 2. The van der Waals surface area contributed by atoms with Crippen LogP contribution in [0.4, 0.5) is 5.69 Å². The monoisotopic (exact) mass is 316 g/mol. The first-order valence-corrected chi connectivity index (χ1v) is 7.02. The number of rotatable bonds is 6. The van der Waals surface area contributed by atoms with Gasteiger partial charge in [-0.3, -0.25) is 4.79 Å². The largest absolute Gasteiger partial charge is 0.378 e. The lowest BCUT2D eigenvalue weighted by Gasteiger charge is -2.22. The summed E-state index contributed by atoms with van der Waals surface area (Å²) in [6.07, 6.45) is 2.55. The zero-order chi connectivity index (χ0) is 13.7. The number of nitrogens with one attached hydrogen (secondary N) is 1. The molecule has 0 aliphatic heterocycles. The van der Waals surface area contributed by atoms with Gasteiger partial charge in [0.05, 0.1) is 11.9 Å². The zero-order valence-corrected chi connectivity index (χ0v) is 12.7. The lowest BCUT2D eigenvalue weighted by atomic mass is 10.0. The second-order valence-electron chi connectivity index (χ2n) is 4.63. The lowest BCUT2D eigenvalue weighted by molar-refractivity contribution is 0.527. The number of aryl methyl sites for hydroxylation is 1. The predicted octanol–water partition coefficient (Wildman–Crippen LogP) is 1.81. The second kappa shape index (κ2) is 6.89. The van der Waals surface area contributed by atoms with E-state index in [9.17, 15) is 4.79 Å². The van der Waals surface area contributed by atoms with Gasteiger partial charge in [-0.15, -0.1) is 0 Å². The molecule has 0 aliphatic carbocycles. The highest BCUT2D eigenvalue weighted by Gasteiger charge is 2.15. The van der Waals surface area contributed by atoms with Crippen LogP contribution in [0.25, 0.3) is 0 Å². The Morgan fingerprint density at radius 3 is 2.72 bits per heavy atom. The summed E-state index contributed by atoms with van der Waals surface area (Å²) in [4.78, 5) is 12.0. The van der Waals surface area contributed by atoms with Crippen LogP contribution in [-0.4, -0.2) is 22.4 Å². The van der Waals surface area contributed by atoms with Gasteiger partial charge in [-0.2, -0.15) is 5.10 Å². The number of hydrogen-bond donors (Lipinski definition) is 2. The summed E-state index contributed by atoms with van der Waals surface area (Å²) in [7, 11) is 0. The van der Waals surface area contributed by atoms with Gasteiger partial charge in [0, 0.05) is 19.1 Å². The first kappa shape index (κ1) is 15.2. The molecule has 0 aromatic carbocycles. The van der Waals surface area contributed by atoms with E-state index in [-0.39, 0.29) is 11.6 Å². The molecule has 1 aromatic rings. The number of nitrogens with two attached hydrogens (primary N) is 1. The van der Waals surface area contributed by atoms with Crippen molar-refractivity contribution in [3.63, 3.8) is 0 Å². The lowest BCUT2D eigenvalue weighted by Crippen LogP contribution is -2.35. The number of nitrogens with zero attached hydrogens (tertiary/aromatic N) is 2. The van der Waals surface area contributed by atoms with Gasteiger partial charge in [-0.25, -0.2) is 4.68 Å². The highest BCUT2D eigenvalue weighted by Crippen LogP contribution is 2.18. The molecule has 0 aliphatic rings. The van der Waals surface area contributed by atoms with E-state index in [1.54, 1.807) is 6.20 Å². The molecule has 102 valence electrons. The first-order valence-electron chi connectivity index (χ1n) is 6.23. The van der Waals surface area contributed by atoms with Crippen LogP contribution in [0.15, 0.2) is 15.5 Å². The Hall–Kier alpha value is -0.880. The molecule has 0 amide bonds. The Labute approximate surface area is 116 Å². The Morgan fingerprint density at radius 1 is 1.56 bits per heavy atom. The molecule has 1 heterocycles. The van der Waals surface area contributed by atoms with Crippen molar-refractivity contribution in [1.82, 2.24) is 9.78 Å². The minimum atomic E-state index is -0.110. The third-order valence-corrected chi connectivity index (χ3v) is 3.59. The quantitative estimate of drug-likeness (QED) is 0.839. The van der Waals surface area contributed by atoms with E-state index in [4.69, 9.17) is 5.73 Å². The number of anilines is 1. The summed E-state index contributed by atoms with van der Waals surface area (Å²) in [5, 5.41) is 7.41. The molecule has 18 heavy (non-hydrogen) atoms. The minimum absolute atomic E-state index is 0.110. The fourth-order valence-electron chi connectivity index (χ4n) is 1.63. The predicted molar refractivity (Wildman–Crippen MR) is 77.8 cm³/mol. The van der Waals surface area contributed by atoms with Crippen LogP contribution in [0, 0.1) is 5.92 Å². The van der Waals surface area contributed by atoms with Gasteiger partial charge in [-0.05, 0) is 28.3 Å². The molecule has 1 rings (SSSR count). The molecular weight excluding hydrogens is 296 g/mol. The molecule has 0 radical (unpaired) electrons. The van der Waals surface area contributed by atoms with Gasteiger partial charge in [-0.1, -0.05) is 20.8 Å². The van der Waals surface area contributed by atoms with Crippen molar-refractivity contribution in [3.8, 4) is 0 Å². The van der Waals surface area contributed by atoms with Crippen LogP contribution in [0.3, 0.4) is 0 Å². The minimum Gasteiger partial charge on any atom is -0.378 e. The van der Waals surface area contributed by atoms with E-state index in [0.29, 0.717) is 29.2 Å². The third kappa shape index (κ3) is 3.55. The third-order valence-electron chi connectivity index (χ3n) is 2.82. The Balaban J connectivity index is 2.98. The average molecular weight is 317 g/mol. The van der Waals surface area contributed by atoms with Crippen molar-refractivity contribution < 1.29 is 0 Å². The van der Waals surface area contributed by atoms with Gasteiger partial charge in [0.1, 0.15) is 4.47 Å². The molecule has 3 N–H and O–H groups in total. The van der Waals surface area contributed by atoms with Gasteiger partial charge < -0.3 is 11.1 Å². The Kier molecular flexibility index (Phi) is 5.81. The topological polar surface area (TPSA) is 72.9 Å². The van der Waals surface area contributed by atoms with Gasteiger partial charge in [0.25, 0.3) is 5.56 Å². The van der Waals surface area contributed by atoms with E-state index in [0.717, 1.165) is 6.42 Å². The fraction of sp³-hybridized carbons (Fsp3) is 0.667. The van der Waals surface area contributed by atoms with Crippen molar-refractivity contribution >= 4 is 21.6 Å². The highest BCUT2D eigenvalue weighted by atomic mass is 79.9. The van der Waals surface area contributed by atoms with Gasteiger partial charge in [0.15, 0.2) is 0 Å². The molecule has 0 bridgehead atoms. The Bertz CT molecular complexity index is 444. The molecule has 1 unspecified atom stereocenters. The molecular formula is C12H21BrN4O. The molecule has 0 spiro atoms. The molecule has 0 saturated heterocycles. The zero-order valence-electron chi connectivity index (χ0n) is 11.1. The van der Waals surface area contributed by atoms with Crippen molar-refractivity contribution in [2.24, 2.45) is 11.7 Å². The molecule has 1 aromatic heterocycles. The normalized spacial score (nSPS) is 12.8.